The number of hydrogen-bond donors (Lipinski definition) is 2. The average Bonchev–Trinajstić information content (AvgIpc) is 3.00. The molecule has 1 aromatic rings. The van der Waals surface area contributed by atoms with Gasteiger partial charge < -0.3 is 15.5 Å². The largest absolute Gasteiger partial charge is 0.417 e. The lowest BCUT2D eigenvalue weighted by Gasteiger charge is -2.21. The van der Waals surface area contributed by atoms with Crippen LogP contribution in [0.1, 0.15) is 18.4 Å². The van der Waals surface area contributed by atoms with Crippen molar-refractivity contribution in [3.63, 3.8) is 0 Å². The highest BCUT2D eigenvalue weighted by atomic mass is 35.5. The molecule has 152 valence electrons. The van der Waals surface area contributed by atoms with E-state index in [1.165, 1.54) is 7.05 Å². The van der Waals surface area contributed by atoms with Crippen molar-refractivity contribution >= 4 is 23.4 Å². The van der Waals surface area contributed by atoms with Crippen molar-refractivity contribution in [3.05, 3.63) is 22.8 Å². The summed E-state index contributed by atoms with van der Waals surface area (Å²) in [6.07, 6.45) is -8.46. The number of aliphatic imine (C=N–C) groups is 1. The highest BCUT2D eigenvalue weighted by molar-refractivity contribution is 6.33. The fourth-order valence-electron chi connectivity index (χ4n) is 2.60. The van der Waals surface area contributed by atoms with E-state index < -0.39 is 24.3 Å². The Hall–Kier alpha value is -1.91. The van der Waals surface area contributed by atoms with E-state index in [-0.39, 0.29) is 29.4 Å². The lowest BCUT2D eigenvalue weighted by Crippen LogP contribution is -2.45. The van der Waals surface area contributed by atoms with Crippen molar-refractivity contribution in [1.82, 2.24) is 15.6 Å². The number of nitrogens with zero attached hydrogens (tertiary/aromatic N) is 3. The lowest BCUT2D eigenvalue weighted by atomic mass is 10.2. The molecule has 2 heterocycles. The summed E-state index contributed by atoms with van der Waals surface area (Å²) in [6, 6.07) is 0.657. The van der Waals surface area contributed by atoms with Crippen LogP contribution in [-0.4, -0.2) is 49.8 Å². The molecule has 2 rings (SSSR count). The molecule has 1 aromatic heterocycles. The molecule has 1 unspecified atom stereocenters. The molecule has 0 bridgehead atoms. The van der Waals surface area contributed by atoms with Crippen LogP contribution in [0.25, 0.3) is 0 Å². The Morgan fingerprint density at radius 1 is 1.33 bits per heavy atom. The number of nitrogens with one attached hydrogen (secondary N) is 2. The number of guanidine groups is 1. The summed E-state index contributed by atoms with van der Waals surface area (Å²) >= 11 is 5.94. The molecular weight excluding hydrogens is 400 g/mol. The Bertz CT molecular complexity index is 676. The summed E-state index contributed by atoms with van der Waals surface area (Å²) in [6.45, 7) is 0.541. The highest BCUT2D eigenvalue weighted by Gasteiger charge is 2.33. The molecular formula is C15H18ClF6N5. The van der Waals surface area contributed by atoms with Gasteiger partial charge in [0.1, 0.15) is 5.82 Å². The van der Waals surface area contributed by atoms with E-state index in [2.05, 4.69) is 20.6 Å². The van der Waals surface area contributed by atoms with Gasteiger partial charge in [-0.1, -0.05) is 11.6 Å². The SMILES string of the molecule is CN=C(NCCC(F)(F)F)NC1CCN(c2ncc(C(F)(F)F)cc2Cl)C1. The summed E-state index contributed by atoms with van der Waals surface area (Å²) in [5.74, 6) is 0.451. The van der Waals surface area contributed by atoms with Crippen LogP contribution < -0.4 is 15.5 Å². The van der Waals surface area contributed by atoms with Gasteiger partial charge in [0.15, 0.2) is 5.96 Å². The quantitative estimate of drug-likeness (QED) is 0.447. The van der Waals surface area contributed by atoms with Crippen molar-refractivity contribution in [2.24, 2.45) is 4.99 Å². The Balaban J connectivity index is 1.92. The van der Waals surface area contributed by atoms with Gasteiger partial charge in [0.05, 0.1) is 17.0 Å². The first kappa shape index (κ1) is 21.4. The molecule has 27 heavy (non-hydrogen) atoms. The third kappa shape index (κ3) is 6.33. The topological polar surface area (TPSA) is 52.6 Å². The lowest BCUT2D eigenvalue weighted by molar-refractivity contribution is -0.138. The number of aromatic nitrogens is 1. The van der Waals surface area contributed by atoms with Gasteiger partial charge in [0, 0.05) is 38.9 Å². The first-order valence-electron chi connectivity index (χ1n) is 8.01. The number of halogens is 7. The van der Waals surface area contributed by atoms with E-state index in [0.29, 0.717) is 19.5 Å². The van der Waals surface area contributed by atoms with Crippen LogP contribution in [0, 0.1) is 0 Å². The predicted molar refractivity (Wildman–Crippen MR) is 90.0 cm³/mol. The monoisotopic (exact) mass is 417 g/mol. The maximum absolute atomic E-state index is 12.7. The smallest absolute Gasteiger partial charge is 0.356 e. The Kier molecular flexibility index (Phi) is 6.66. The molecule has 0 aliphatic carbocycles. The van der Waals surface area contributed by atoms with Gasteiger partial charge in [-0.3, -0.25) is 4.99 Å². The predicted octanol–water partition coefficient (Wildman–Crippen LogP) is 3.45. The van der Waals surface area contributed by atoms with Crippen molar-refractivity contribution in [2.45, 2.75) is 31.2 Å². The number of hydrogen-bond acceptors (Lipinski definition) is 3. The Labute approximate surface area is 156 Å². The van der Waals surface area contributed by atoms with Crippen molar-refractivity contribution in [2.75, 3.05) is 31.6 Å². The minimum absolute atomic E-state index is 0.113. The zero-order chi connectivity index (χ0) is 20.2. The molecule has 0 saturated carbocycles. The zero-order valence-electron chi connectivity index (χ0n) is 14.3. The molecule has 2 N–H and O–H groups in total. The number of alkyl halides is 6. The van der Waals surface area contributed by atoms with E-state index in [0.717, 1.165) is 12.3 Å². The van der Waals surface area contributed by atoms with E-state index in [1.54, 1.807) is 4.90 Å². The normalized spacial score (nSPS) is 18.7. The molecule has 1 fully saturated rings. The third-order valence-corrected chi connectivity index (χ3v) is 4.18. The summed E-state index contributed by atoms with van der Waals surface area (Å²) in [7, 11) is 1.43. The third-order valence-electron chi connectivity index (χ3n) is 3.90. The van der Waals surface area contributed by atoms with Gasteiger partial charge in [-0.25, -0.2) is 4.98 Å². The standard InChI is InChI=1S/C15H18ClF6N5/c1-23-13(24-4-3-14(17,18)19)26-10-2-5-27(8-10)12-11(16)6-9(7-25-12)15(20,21)22/h6-7,10H,2-5,8H2,1H3,(H2,23,24,26). The summed E-state index contributed by atoms with van der Waals surface area (Å²) in [4.78, 5) is 9.39. The average molecular weight is 418 g/mol. The molecule has 1 atom stereocenters. The van der Waals surface area contributed by atoms with Crippen molar-refractivity contribution < 1.29 is 26.3 Å². The number of pyridine rings is 1. The molecule has 0 amide bonds. The van der Waals surface area contributed by atoms with Crippen LogP contribution in [0.2, 0.25) is 5.02 Å². The Morgan fingerprint density at radius 2 is 2.04 bits per heavy atom. The second-order valence-electron chi connectivity index (χ2n) is 5.97. The fourth-order valence-corrected chi connectivity index (χ4v) is 2.89. The van der Waals surface area contributed by atoms with Crippen LogP contribution in [0.5, 0.6) is 0 Å². The highest BCUT2D eigenvalue weighted by Crippen LogP contribution is 2.34. The molecule has 0 spiro atoms. The van der Waals surface area contributed by atoms with Gasteiger partial charge in [-0.15, -0.1) is 0 Å². The molecule has 5 nitrogen and oxygen atoms in total. The summed E-state index contributed by atoms with van der Waals surface area (Å²) < 4.78 is 74.6. The molecule has 0 aromatic carbocycles. The second kappa shape index (κ2) is 8.41. The number of anilines is 1. The van der Waals surface area contributed by atoms with Gasteiger partial charge >= 0.3 is 12.4 Å². The molecule has 1 aliphatic heterocycles. The summed E-state index contributed by atoms with van der Waals surface area (Å²) in [5.41, 5.74) is -0.931. The zero-order valence-corrected chi connectivity index (χ0v) is 15.0. The maximum Gasteiger partial charge on any atom is 0.417 e. The van der Waals surface area contributed by atoms with Crippen LogP contribution in [0.15, 0.2) is 17.3 Å². The second-order valence-corrected chi connectivity index (χ2v) is 6.37. The fraction of sp³-hybridized carbons (Fsp3) is 0.600. The van der Waals surface area contributed by atoms with Crippen LogP contribution in [-0.2, 0) is 6.18 Å². The van der Waals surface area contributed by atoms with Crippen molar-refractivity contribution in [1.29, 1.82) is 0 Å². The summed E-state index contributed by atoms with van der Waals surface area (Å²) in [5, 5.41) is 5.45. The van der Waals surface area contributed by atoms with Crippen molar-refractivity contribution in [3.8, 4) is 0 Å². The van der Waals surface area contributed by atoms with E-state index in [4.69, 9.17) is 11.6 Å². The first-order valence-corrected chi connectivity index (χ1v) is 8.39. The number of rotatable bonds is 4. The van der Waals surface area contributed by atoms with Gasteiger partial charge in [0.25, 0.3) is 0 Å². The van der Waals surface area contributed by atoms with Gasteiger partial charge in [-0.05, 0) is 12.5 Å². The van der Waals surface area contributed by atoms with Gasteiger partial charge in [-0.2, -0.15) is 26.3 Å². The molecule has 1 aliphatic rings. The van der Waals surface area contributed by atoms with E-state index in [9.17, 15) is 26.3 Å². The maximum atomic E-state index is 12.7. The molecule has 0 radical (unpaired) electrons. The van der Waals surface area contributed by atoms with Gasteiger partial charge in [0.2, 0.25) is 0 Å². The van der Waals surface area contributed by atoms with E-state index >= 15 is 0 Å². The van der Waals surface area contributed by atoms with Crippen LogP contribution in [0.3, 0.4) is 0 Å². The minimum atomic E-state index is -4.53. The molecule has 1 saturated heterocycles. The van der Waals surface area contributed by atoms with Crippen LogP contribution >= 0.6 is 11.6 Å². The van der Waals surface area contributed by atoms with E-state index in [1.807, 2.05) is 0 Å². The minimum Gasteiger partial charge on any atom is -0.356 e. The molecule has 12 heteroatoms. The Morgan fingerprint density at radius 3 is 2.59 bits per heavy atom. The van der Waals surface area contributed by atoms with Crippen LogP contribution in [0.4, 0.5) is 32.2 Å². The first-order chi connectivity index (χ1) is 12.5.